The molecule has 2 unspecified atom stereocenters. The normalized spacial score (nSPS) is 20.6. The minimum Gasteiger partial charge on any atom is -0.467 e. The van der Waals surface area contributed by atoms with Crippen molar-refractivity contribution in [1.29, 1.82) is 0 Å². The standard InChI is InChI=1S/C23H20FN3O/c24-17-9-7-15(8-10-17)21-12-16-13-25-23(26-14-18-4-3-11-28-18)27-22(16)20-6-2-1-5-19(20)21/h1-11,16,21H,12-14H2,(H,25,26). The van der Waals surface area contributed by atoms with Crippen LogP contribution in [-0.4, -0.2) is 18.2 Å². The molecule has 0 spiro atoms. The van der Waals surface area contributed by atoms with Crippen molar-refractivity contribution < 1.29 is 8.81 Å². The zero-order chi connectivity index (χ0) is 18.9. The first-order valence-corrected chi connectivity index (χ1v) is 9.52. The lowest BCUT2D eigenvalue weighted by Crippen LogP contribution is -2.35. The minimum absolute atomic E-state index is 0.204. The summed E-state index contributed by atoms with van der Waals surface area (Å²) in [5.74, 6) is 1.79. The summed E-state index contributed by atoms with van der Waals surface area (Å²) in [7, 11) is 0. The smallest absolute Gasteiger partial charge is 0.218 e. The molecule has 1 N–H and O–H groups in total. The molecular formula is C23H20FN3O. The second kappa shape index (κ2) is 7.08. The number of benzene rings is 2. The van der Waals surface area contributed by atoms with E-state index in [9.17, 15) is 4.39 Å². The molecule has 2 aliphatic rings. The van der Waals surface area contributed by atoms with Gasteiger partial charge in [-0.15, -0.1) is 0 Å². The molecule has 0 saturated carbocycles. The molecule has 0 bridgehead atoms. The Hall–Kier alpha value is -3.21. The second-order valence-corrected chi connectivity index (χ2v) is 7.22. The Kier molecular flexibility index (Phi) is 4.28. The first-order valence-electron chi connectivity index (χ1n) is 9.52. The lowest BCUT2D eigenvalue weighted by atomic mass is 9.72. The Morgan fingerprint density at radius 1 is 1.04 bits per heavy atom. The summed E-state index contributed by atoms with van der Waals surface area (Å²) in [6.07, 6.45) is 2.59. The summed E-state index contributed by atoms with van der Waals surface area (Å²) in [4.78, 5) is 9.49. The molecule has 2 heterocycles. The molecule has 0 amide bonds. The number of nitrogens with zero attached hydrogens (tertiary/aromatic N) is 2. The van der Waals surface area contributed by atoms with Crippen LogP contribution in [0.15, 0.2) is 81.3 Å². The molecule has 0 radical (unpaired) electrons. The highest BCUT2D eigenvalue weighted by molar-refractivity contribution is 6.11. The van der Waals surface area contributed by atoms with Gasteiger partial charge >= 0.3 is 0 Å². The lowest BCUT2D eigenvalue weighted by Gasteiger charge is -2.34. The Morgan fingerprint density at radius 2 is 1.89 bits per heavy atom. The average Bonchev–Trinajstić information content (AvgIpc) is 3.26. The van der Waals surface area contributed by atoms with E-state index >= 15 is 0 Å². The second-order valence-electron chi connectivity index (χ2n) is 7.22. The van der Waals surface area contributed by atoms with Gasteiger partial charge in [0.2, 0.25) is 5.96 Å². The van der Waals surface area contributed by atoms with E-state index in [1.54, 1.807) is 6.26 Å². The third kappa shape index (κ3) is 3.13. The van der Waals surface area contributed by atoms with Crippen LogP contribution in [0.4, 0.5) is 4.39 Å². The fraction of sp³-hybridized carbons (Fsp3) is 0.217. The van der Waals surface area contributed by atoms with Gasteiger partial charge in [-0.2, -0.15) is 0 Å². The molecule has 28 heavy (non-hydrogen) atoms. The van der Waals surface area contributed by atoms with E-state index in [-0.39, 0.29) is 17.7 Å². The first kappa shape index (κ1) is 16.9. The lowest BCUT2D eigenvalue weighted by molar-refractivity contribution is 0.501. The topological polar surface area (TPSA) is 49.9 Å². The van der Waals surface area contributed by atoms with Gasteiger partial charge in [0.1, 0.15) is 11.6 Å². The van der Waals surface area contributed by atoms with Gasteiger partial charge in [0.15, 0.2) is 0 Å². The van der Waals surface area contributed by atoms with Gasteiger partial charge in [-0.05, 0) is 41.8 Å². The first-order chi connectivity index (χ1) is 13.8. The minimum atomic E-state index is -0.204. The number of fused-ring (bicyclic) bond motifs is 3. The van der Waals surface area contributed by atoms with Gasteiger partial charge in [-0.25, -0.2) is 9.38 Å². The van der Waals surface area contributed by atoms with Crippen LogP contribution < -0.4 is 5.32 Å². The zero-order valence-corrected chi connectivity index (χ0v) is 15.3. The molecule has 4 nitrogen and oxygen atoms in total. The van der Waals surface area contributed by atoms with E-state index in [4.69, 9.17) is 9.41 Å². The Balaban J connectivity index is 1.46. The Labute approximate surface area is 162 Å². The van der Waals surface area contributed by atoms with Crippen molar-refractivity contribution in [3.63, 3.8) is 0 Å². The number of aliphatic imine (C=N–C) groups is 2. The molecule has 1 aliphatic carbocycles. The van der Waals surface area contributed by atoms with E-state index in [0.29, 0.717) is 19.0 Å². The Morgan fingerprint density at radius 3 is 2.71 bits per heavy atom. The largest absolute Gasteiger partial charge is 0.467 e. The number of hydrogen-bond donors (Lipinski definition) is 1. The third-order valence-corrected chi connectivity index (χ3v) is 5.48. The van der Waals surface area contributed by atoms with Crippen LogP contribution in [0.5, 0.6) is 0 Å². The predicted octanol–water partition coefficient (Wildman–Crippen LogP) is 4.52. The van der Waals surface area contributed by atoms with Gasteiger partial charge in [0.05, 0.1) is 25.1 Å². The van der Waals surface area contributed by atoms with Crippen molar-refractivity contribution in [3.8, 4) is 0 Å². The molecule has 140 valence electrons. The predicted molar refractivity (Wildman–Crippen MR) is 107 cm³/mol. The highest BCUT2D eigenvalue weighted by atomic mass is 19.1. The van der Waals surface area contributed by atoms with Crippen molar-refractivity contribution in [1.82, 2.24) is 5.32 Å². The summed E-state index contributed by atoms with van der Waals surface area (Å²) in [6.45, 7) is 1.26. The number of furan rings is 1. The van der Waals surface area contributed by atoms with Gasteiger partial charge in [-0.1, -0.05) is 36.4 Å². The van der Waals surface area contributed by atoms with E-state index in [1.807, 2.05) is 30.3 Å². The van der Waals surface area contributed by atoms with Gasteiger partial charge < -0.3 is 9.73 Å². The van der Waals surface area contributed by atoms with Gasteiger partial charge in [0.25, 0.3) is 0 Å². The molecule has 1 aromatic heterocycles. The monoisotopic (exact) mass is 373 g/mol. The number of halogens is 1. The Bertz CT molecular complexity index is 1040. The van der Waals surface area contributed by atoms with Crippen LogP contribution in [0.25, 0.3) is 0 Å². The third-order valence-electron chi connectivity index (χ3n) is 5.48. The number of rotatable bonds is 3. The SMILES string of the molecule is Fc1ccc(C2CC3CN=C(NCc4ccco4)N=C3c3ccccc32)cc1. The molecule has 0 fully saturated rings. The summed E-state index contributed by atoms with van der Waals surface area (Å²) in [5, 5.41) is 3.26. The average molecular weight is 373 g/mol. The molecule has 5 rings (SSSR count). The summed E-state index contributed by atoms with van der Waals surface area (Å²) in [5.41, 5.74) is 4.64. The van der Waals surface area contributed by atoms with E-state index < -0.39 is 0 Å². The van der Waals surface area contributed by atoms with E-state index in [0.717, 1.165) is 23.5 Å². The highest BCUT2D eigenvalue weighted by Gasteiger charge is 2.34. The molecule has 0 saturated heterocycles. The molecule has 5 heteroatoms. The number of guanidine groups is 1. The fourth-order valence-corrected chi connectivity index (χ4v) is 4.12. The van der Waals surface area contributed by atoms with Crippen molar-refractivity contribution in [2.24, 2.45) is 15.9 Å². The van der Waals surface area contributed by atoms with Crippen LogP contribution in [0.1, 0.15) is 34.8 Å². The maximum atomic E-state index is 13.4. The van der Waals surface area contributed by atoms with Crippen molar-refractivity contribution in [3.05, 3.63) is 95.2 Å². The van der Waals surface area contributed by atoms with Crippen molar-refractivity contribution in [2.45, 2.75) is 18.9 Å². The van der Waals surface area contributed by atoms with Crippen molar-refractivity contribution in [2.75, 3.05) is 6.54 Å². The summed E-state index contributed by atoms with van der Waals surface area (Å²) < 4.78 is 18.8. The van der Waals surface area contributed by atoms with Crippen LogP contribution in [0.3, 0.4) is 0 Å². The molecule has 2 aromatic carbocycles. The van der Waals surface area contributed by atoms with Crippen LogP contribution in [0, 0.1) is 11.7 Å². The van der Waals surface area contributed by atoms with Crippen molar-refractivity contribution >= 4 is 11.7 Å². The maximum absolute atomic E-state index is 13.4. The van der Waals surface area contributed by atoms with E-state index in [1.165, 1.54) is 23.3 Å². The van der Waals surface area contributed by atoms with Gasteiger partial charge in [0, 0.05) is 17.4 Å². The van der Waals surface area contributed by atoms with Crippen LogP contribution >= 0.6 is 0 Å². The number of nitrogens with one attached hydrogen (secondary N) is 1. The van der Waals surface area contributed by atoms with Crippen LogP contribution in [0.2, 0.25) is 0 Å². The molecule has 2 atom stereocenters. The van der Waals surface area contributed by atoms with Crippen LogP contribution in [-0.2, 0) is 6.54 Å². The summed E-state index contributed by atoms with van der Waals surface area (Å²) in [6, 6.07) is 19.0. The highest BCUT2D eigenvalue weighted by Crippen LogP contribution is 2.40. The fourth-order valence-electron chi connectivity index (χ4n) is 4.12. The van der Waals surface area contributed by atoms with E-state index in [2.05, 4.69) is 28.5 Å². The quantitative estimate of drug-likeness (QED) is 0.734. The molecule has 3 aromatic rings. The maximum Gasteiger partial charge on any atom is 0.218 e. The number of hydrogen-bond acceptors (Lipinski definition) is 4. The molecule has 1 aliphatic heterocycles. The van der Waals surface area contributed by atoms with Gasteiger partial charge in [-0.3, -0.25) is 4.99 Å². The zero-order valence-electron chi connectivity index (χ0n) is 15.3. The summed E-state index contributed by atoms with van der Waals surface area (Å²) >= 11 is 0. The molecular weight excluding hydrogens is 353 g/mol.